The topological polar surface area (TPSA) is 66.0 Å². The van der Waals surface area contributed by atoms with Gasteiger partial charge in [0.1, 0.15) is 5.75 Å². The van der Waals surface area contributed by atoms with Crippen LogP contribution in [0.5, 0.6) is 23.0 Å². The van der Waals surface area contributed by atoms with Gasteiger partial charge >= 0.3 is 6.61 Å². The molecule has 0 aliphatic carbocycles. The quantitative estimate of drug-likeness (QED) is 0.824. The molecule has 0 spiro atoms. The van der Waals surface area contributed by atoms with Crippen LogP contribution in [0.3, 0.4) is 0 Å². The summed E-state index contributed by atoms with van der Waals surface area (Å²) in [6, 6.07) is 8.49. The van der Waals surface area contributed by atoms with Gasteiger partial charge < -0.3 is 24.3 Å². The molecule has 0 saturated carbocycles. The van der Waals surface area contributed by atoms with Gasteiger partial charge in [-0.15, -0.1) is 0 Å². The number of amides is 1. The number of rotatable bonds is 7. The number of carbonyl (C=O) groups excluding carboxylic acids is 1. The van der Waals surface area contributed by atoms with Crippen molar-refractivity contribution in [1.82, 2.24) is 0 Å². The number of halogens is 2. The van der Waals surface area contributed by atoms with E-state index in [2.05, 4.69) is 10.1 Å². The highest BCUT2D eigenvalue weighted by molar-refractivity contribution is 6.04. The first-order valence-electron chi connectivity index (χ1n) is 7.14. The van der Waals surface area contributed by atoms with Gasteiger partial charge in [0.2, 0.25) is 5.75 Å². The number of ether oxygens (including phenoxy) is 4. The number of methoxy groups -OCH3 is 3. The zero-order chi connectivity index (χ0) is 18.4. The minimum atomic E-state index is -2.92. The van der Waals surface area contributed by atoms with E-state index in [0.717, 1.165) is 0 Å². The highest BCUT2D eigenvalue weighted by atomic mass is 19.3. The zero-order valence-electron chi connectivity index (χ0n) is 13.8. The molecule has 2 aromatic carbocycles. The summed E-state index contributed by atoms with van der Waals surface area (Å²) in [5.41, 5.74) is 0.697. The van der Waals surface area contributed by atoms with E-state index in [-0.39, 0.29) is 11.3 Å². The summed E-state index contributed by atoms with van der Waals surface area (Å²) in [7, 11) is 4.40. The maximum Gasteiger partial charge on any atom is 0.387 e. The van der Waals surface area contributed by atoms with Crippen LogP contribution in [0.25, 0.3) is 0 Å². The Morgan fingerprint density at radius 3 is 1.96 bits per heavy atom. The molecule has 0 radical (unpaired) electrons. The van der Waals surface area contributed by atoms with Crippen molar-refractivity contribution in [3.63, 3.8) is 0 Å². The smallest absolute Gasteiger partial charge is 0.387 e. The summed E-state index contributed by atoms with van der Waals surface area (Å²) in [4.78, 5) is 12.3. The Morgan fingerprint density at radius 1 is 0.960 bits per heavy atom. The molecule has 2 aromatic rings. The van der Waals surface area contributed by atoms with Crippen LogP contribution in [-0.4, -0.2) is 33.8 Å². The van der Waals surface area contributed by atoms with Crippen LogP contribution in [0.15, 0.2) is 36.4 Å². The number of nitrogens with one attached hydrogen (secondary N) is 1. The van der Waals surface area contributed by atoms with Gasteiger partial charge in [0.25, 0.3) is 5.91 Å². The van der Waals surface area contributed by atoms with Crippen LogP contribution in [0.1, 0.15) is 10.4 Å². The average molecular weight is 353 g/mol. The van der Waals surface area contributed by atoms with Crippen molar-refractivity contribution in [3.8, 4) is 23.0 Å². The third-order valence-electron chi connectivity index (χ3n) is 3.26. The predicted molar refractivity (Wildman–Crippen MR) is 87.1 cm³/mol. The first-order chi connectivity index (χ1) is 12.0. The fourth-order valence-electron chi connectivity index (χ4n) is 2.14. The second-order valence-electron chi connectivity index (χ2n) is 4.77. The van der Waals surface area contributed by atoms with Gasteiger partial charge in [-0.25, -0.2) is 0 Å². The molecule has 134 valence electrons. The Balaban J connectivity index is 2.19. The van der Waals surface area contributed by atoms with Crippen molar-refractivity contribution >= 4 is 11.6 Å². The molecule has 0 atom stereocenters. The standard InChI is InChI=1S/C17H17F2NO5/c1-22-13-8-11(9-14(23-2)15(13)24-3)20-16(21)10-4-6-12(7-5-10)25-17(18)19/h4-9,17H,1-3H3,(H,20,21). The Labute approximate surface area is 143 Å². The zero-order valence-corrected chi connectivity index (χ0v) is 13.8. The first kappa shape index (κ1) is 18.3. The fourth-order valence-corrected chi connectivity index (χ4v) is 2.14. The lowest BCUT2D eigenvalue weighted by Gasteiger charge is -2.14. The molecule has 0 aromatic heterocycles. The summed E-state index contributed by atoms with van der Waals surface area (Å²) >= 11 is 0. The predicted octanol–water partition coefficient (Wildman–Crippen LogP) is 3.57. The SMILES string of the molecule is COc1cc(NC(=O)c2ccc(OC(F)F)cc2)cc(OC)c1OC. The molecule has 0 unspecified atom stereocenters. The summed E-state index contributed by atoms with van der Waals surface area (Å²) in [6.07, 6.45) is 0. The third-order valence-corrected chi connectivity index (χ3v) is 3.26. The molecule has 0 aliphatic heterocycles. The second-order valence-corrected chi connectivity index (χ2v) is 4.77. The Bertz CT molecular complexity index is 709. The van der Waals surface area contributed by atoms with Crippen molar-refractivity contribution < 1.29 is 32.5 Å². The molecule has 25 heavy (non-hydrogen) atoms. The molecule has 1 amide bonds. The molecule has 0 heterocycles. The molecule has 0 fully saturated rings. The summed E-state index contributed by atoms with van der Waals surface area (Å²) in [5, 5.41) is 2.68. The highest BCUT2D eigenvalue weighted by Crippen LogP contribution is 2.40. The Morgan fingerprint density at radius 2 is 1.52 bits per heavy atom. The van der Waals surface area contributed by atoms with Gasteiger partial charge in [0.15, 0.2) is 11.5 Å². The van der Waals surface area contributed by atoms with E-state index in [9.17, 15) is 13.6 Å². The van der Waals surface area contributed by atoms with Crippen molar-refractivity contribution in [2.75, 3.05) is 26.6 Å². The monoisotopic (exact) mass is 353 g/mol. The van der Waals surface area contributed by atoms with E-state index in [1.54, 1.807) is 12.1 Å². The lowest BCUT2D eigenvalue weighted by molar-refractivity contribution is -0.0498. The molecule has 0 saturated heterocycles. The van der Waals surface area contributed by atoms with Crippen LogP contribution >= 0.6 is 0 Å². The van der Waals surface area contributed by atoms with Crippen LogP contribution in [0, 0.1) is 0 Å². The van der Waals surface area contributed by atoms with Crippen molar-refractivity contribution in [2.24, 2.45) is 0 Å². The van der Waals surface area contributed by atoms with Crippen LogP contribution < -0.4 is 24.3 Å². The van der Waals surface area contributed by atoms with Gasteiger partial charge in [-0.3, -0.25) is 4.79 Å². The molecule has 0 bridgehead atoms. The average Bonchev–Trinajstić information content (AvgIpc) is 2.60. The summed E-state index contributed by atoms with van der Waals surface area (Å²) < 4.78 is 44.2. The van der Waals surface area contributed by atoms with Gasteiger partial charge in [-0.1, -0.05) is 0 Å². The maximum atomic E-state index is 12.3. The Kier molecular flexibility index (Phi) is 5.99. The van der Waals surface area contributed by atoms with E-state index in [1.165, 1.54) is 45.6 Å². The largest absolute Gasteiger partial charge is 0.493 e. The van der Waals surface area contributed by atoms with Gasteiger partial charge in [-0.05, 0) is 24.3 Å². The van der Waals surface area contributed by atoms with Gasteiger partial charge in [0.05, 0.1) is 21.3 Å². The highest BCUT2D eigenvalue weighted by Gasteiger charge is 2.15. The van der Waals surface area contributed by atoms with Crippen molar-refractivity contribution in [2.45, 2.75) is 6.61 Å². The minimum absolute atomic E-state index is 0.0284. The van der Waals surface area contributed by atoms with E-state index >= 15 is 0 Å². The second kappa shape index (κ2) is 8.18. The summed E-state index contributed by atoms with van der Waals surface area (Å²) in [5.74, 6) is 0.712. The molecule has 0 aliphatic rings. The molecule has 2 rings (SSSR count). The van der Waals surface area contributed by atoms with Crippen molar-refractivity contribution in [3.05, 3.63) is 42.0 Å². The number of anilines is 1. The first-order valence-corrected chi connectivity index (χ1v) is 7.14. The maximum absolute atomic E-state index is 12.3. The molecular weight excluding hydrogens is 336 g/mol. The van der Waals surface area contributed by atoms with Crippen LogP contribution in [-0.2, 0) is 0 Å². The van der Waals surface area contributed by atoms with Crippen LogP contribution in [0.2, 0.25) is 0 Å². The van der Waals surface area contributed by atoms with E-state index in [0.29, 0.717) is 22.9 Å². The molecular formula is C17H17F2NO5. The number of carbonyl (C=O) groups is 1. The van der Waals surface area contributed by atoms with E-state index < -0.39 is 12.5 Å². The number of alkyl halides is 2. The molecule has 8 heteroatoms. The lowest BCUT2D eigenvalue weighted by atomic mass is 10.2. The van der Waals surface area contributed by atoms with E-state index in [4.69, 9.17) is 14.2 Å². The fraction of sp³-hybridized carbons (Fsp3) is 0.235. The van der Waals surface area contributed by atoms with Gasteiger partial charge in [0, 0.05) is 23.4 Å². The lowest BCUT2D eigenvalue weighted by Crippen LogP contribution is -2.12. The number of benzene rings is 2. The number of hydrogen-bond acceptors (Lipinski definition) is 5. The molecule has 6 nitrogen and oxygen atoms in total. The van der Waals surface area contributed by atoms with Gasteiger partial charge in [-0.2, -0.15) is 8.78 Å². The minimum Gasteiger partial charge on any atom is -0.493 e. The van der Waals surface area contributed by atoms with Crippen LogP contribution in [0.4, 0.5) is 14.5 Å². The number of hydrogen-bond donors (Lipinski definition) is 1. The summed E-state index contributed by atoms with van der Waals surface area (Å²) in [6.45, 7) is -2.92. The molecule has 1 N–H and O–H groups in total. The van der Waals surface area contributed by atoms with Crippen molar-refractivity contribution in [1.29, 1.82) is 0 Å². The Hall–Kier alpha value is -3.03. The normalized spacial score (nSPS) is 10.3. The van der Waals surface area contributed by atoms with E-state index in [1.807, 2.05) is 0 Å². The third kappa shape index (κ3) is 4.50.